The van der Waals surface area contributed by atoms with Gasteiger partial charge in [-0.2, -0.15) is 0 Å². The number of carbonyl (C=O) groups excluding carboxylic acids is 1. The van der Waals surface area contributed by atoms with Gasteiger partial charge in [0.1, 0.15) is 36.6 Å². The van der Waals surface area contributed by atoms with Gasteiger partial charge in [0, 0.05) is 0 Å². The molecule has 8 N–H and O–H groups in total. The van der Waals surface area contributed by atoms with Gasteiger partial charge in [-0.05, 0) is 64.2 Å². The topological polar surface area (TPSA) is 189 Å². The Balaban J connectivity index is 2.51. The van der Waals surface area contributed by atoms with Crippen LogP contribution in [-0.4, -0.2) is 110 Å². The Labute approximate surface area is 340 Å². The average Bonchev–Trinajstić information content (AvgIpc) is 3.20. The zero-order valence-corrected chi connectivity index (χ0v) is 35.4. The molecule has 9 unspecified atom stereocenters. The van der Waals surface area contributed by atoms with Crippen molar-refractivity contribution in [3.05, 3.63) is 24.3 Å². The van der Waals surface area contributed by atoms with Crippen LogP contribution >= 0.6 is 0 Å². The second-order valence-corrected chi connectivity index (χ2v) is 16.1. The van der Waals surface area contributed by atoms with Crippen molar-refractivity contribution in [1.29, 1.82) is 0 Å². The molecule has 0 bridgehead atoms. The van der Waals surface area contributed by atoms with Crippen LogP contribution in [0.15, 0.2) is 24.3 Å². The molecule has 0 aromatic heterocycles. The average molecular weight is 800 g/mol. The lowest BCUT2D eigenvalue weighted by Gasteiger charge is -2.40. The minimum atomic E-state index is -1.67. The molecular formula is C45H85NO10. The number of unbranched alkanes of at least 4 members (excludes halogenated alkanes) is 21. The lowest BCUT2D eigenvalue weighted by atomic mass is 9.98. The number of ether oxygens (including phenoxy) is 2. The predicted molar refractivity (Wildman–Crippen MR) is 224 cm³/mol. The minimum Gasteiger partial charge on any atom is -0.394 e. The van der Waals surface area contributed by atoms with Crippen LogP contribution in [0.3, 0.4) is 0 Å². The number of amides is 1. The van der Waals surface area contributed by atoms with E-state index in [-0.39, 0.29) is 12.8 Å². The van der Waals surface area contributed by atoms with Gasteiger partial charge in [0.15, 0.2) is 6.29 Å². The lowest BCUT2D eigenvalue weighted by Crippen LogP contribution is -2.60. The van der Waals surface area contributed by atoms with Crippen molar-refractivity contribution in [1.82, 2.24) is 5.32 Å². The Morgan fingerprint density at radius 3 is 1.54 bits per heavy atom. The van der Waals surface area contributed by atoms with Gasteiger partial charge < -0.3 is 50.5 Å². The summed E-state index contributed by atoms with van der Waals surface area (Å²) in [5.74, 6) is -0.716. The number of hydrogen-bond donors (Lipinski definition) is 8. The fraction of sp³-hybridized carbons (Fsp3) is 0.889. The van der Waals surface area contributed by atoms with Crippen molar-refractivity contribution in [2.45, 2.75) is 242 Å². The van der Waals surface area contributed by atoms with E-state index in [4.69, 9.17) is 9.47 Å². The maximum absolute atomic E-state index is 13.1. The second kappa shape index (κ2) is 35.5. The molecule has 0 saturated carbocycles. The number of aliphatic hydroxyl groups excluding tert-OH is 7. The van der Waals surface area contributed by atoms with Gasteiger partial charge in [0.2, 0.25) is 5.91 Å². The van der Waals surface area contributed by atoms with Crippen molar-refractivity contribution in [3.63, 3.8) is 0 Å². The van der Waals surface area contributed by atoms with Gasteiger partial charge in [0.25, 0.3) is 0 Å². The minimum absolute atomic E-state index is 0.240. The molecule has 1 heterocycles. The van der Waals surface area contributed by atoms with Crippen LogP contribution in [0.1, 0.15) is 187 Å². The molecule has 1 aliphatic rings. The van der Waals surface area contributed by atoms with E-state index in [1.807, 2.05) is 0 Å². The van der Waals surface area contributed by atoms with Crippen LogP contribution < -0.4 is 5.32 Å². The van der Waals surface area contributed by atoms with E-state index in [0.29, 0.717) is 12.8 Å². The molecule has 0 spiro atoms. The number of rotatable bonds is 37. The summed E-state index contributed by atoms with van der Waals surface area (Å²) in [4.78, 5) is 13.1. The van der Waals surface area contributed by atoms with E-state index in [1.165, 1.54) is 96.3 Å². The number of allylic oxidation sites excluding steroid dienone is 4. The van der Waals surface area contributed by atoms with Crippen LogP contribution in [-0.2, 0) is 14.3 Å². The molecule has 330 valence electrons. The first kappa shape index (κ1) is 52.6. The first-order valence-corrected chi connectivity index (χ1v) is 22.7. The molecule has 1 rings (SSSR count). The van der Waals surface area contributed by atoms with E-state index in [1.54, 1.807) is 0 Å². The van der Waals surface area contributed by atoms with E-state index in [2.05, 4.69) is 43.5 Å². The van der Waals surface area contributed by atoms with Crippen LogP contribution in [0.25, 0.3) is 0 Å². The fourth-order valence-corrected chi connectivity index (χ4v) is 7.14. The molecule has 1 aliphatic heterocycles. The van der Waals surface area contributed by atoms with Crippen molar-refractivity contribution >= 4 is 5.91 Å². The number of hydrogen-bond acceptors (Lipinski definition) is 10. The van der Waals surface area contributed by atoms with Crippen molar-refractivity contribution in [3.8, 4) is 0 Å². The maximum atomic E-state index is 13.1. The summed E-state index contributed by atoms with van der Waals surface area (Å²) >= 11 is 0. The number of carbonyl (C=O) groups is 1. The lowest BCUT2D eigenvalue weighted by molar-refractivity contribution is -0.303. The zero-order chi connectivity index (χ0) is 41.2. The highest BCUT2D eigenvalue weighted by Crippen LogP contribution is 2.23. The molecule has 11 heteroatoms. The monoisotopic (exact) mass is 800 g/mol. The summed E-state index contributed by atoms with van der Waals surface area (Å²) in [6.45, 7) is 3.40. The summed E-state index contributed by atoms with van der Waals surface area (Å²) in [6.07, 6.45) is 26.6. The molecule has 11 nitrogen and oxygen atoms in total. The largest absolute Gasteiger partial charge is 0.394 e. The van der Waals surface area contributed by atoms with Gasteiger partial charge in [-0.1, -0.05) is 147 Å². The van der Waals surface area contributed by atoms with E-state index >= 15 is 0 Å². The smallest absolute Gasteiger partial charge is 0.249 e. The molecule has 1 fully saturated rings. The van der Waals surface area contributed by atoms with E-state index < -0.39 is 74.2 Å². The Bertz CT molecular complexity index is 965. The highest BCUT2D eigenvalue weighted by molar-refractivity contribution is 5.80. The Morgan fingerprint density at radius 1 is 0.607 bits per heavy atom. The molecule has 0 aromatic carbocycles. The molecular weight excluding hydrogens is 714 g/mol. The third-order valence-corrected chi connectivity index (χ3v) is 11.0. The molecule has 56 heavy (non-hydrogen) atoms. The highest BCUT2D eigenvalue weighted by Gasteiger charge is 2.44. The summed E-state index contributed by atoms with van der Waals surface area (Å²) in [5, 5.41) is 75.5. The summed E-state index contributed by atoms with van der Waals surface area (Å²) in [5.41, 5.74) is 0. The summed E-state index contributed by atoms with van der Waals surface area (Å²) in [7, 11) is 0. The summed E-state index contributed by atoms with van der Waals surface area (Å²) in [6, 6.07) is -1.19. The SMILES string of the molecule is CCCCCCCCC/C=C\CCCCCCC(O)C(=O)NC(COC1OC(CO)C(O)C(O)C1O)C(O)C(O)CCC/C=C/CCCCCCCCCCC. The third-order valence-electron chi connectivity index (χ3n) is 11.0. The van der Waals surface area contributed by atoms with E-state index in [0.717, 1.165) is 51.4 Å². The zero-order valence-electron chi connectivity index (χ0n) is 35.4. The molecule has 0 aliphatic carbocycles. The van der Waals surface area contributed by atoms with Gasteiger partial charge in [-0.25, -0.2) is 0 Å². The Morgan fingerprint density at radius 2 is 1.05 bits per heavy atom. The van der Waals surface area contributed by atoms with Crippen LogP contribution in [0, 0.1) is 0 Å². The number of aliphatic hydroxyl groups is 7. The van der Waals surface area contributed by atoms with Crippen molar-refractivity contribution < 1.29 is 50.0 Å². The van der Waals surface area contributed by atoms with Crippen LogP contribution in [0.4, 0.5) is 0 Å². The Kier molecular flexibility index (Phi) is 33.4. The third kappa shape index (κ3) is 25.2. The maximum Gasteiger partial charge on any atom is 0.249 e. The van der Waals surface area contributed by atoms with Crippen molar-refractivity contribution in [2.24, 2.45) is 0 Å². The second-order valence-electron chi connectivity index (χ2n) is 16.1. The normalized spacial score (nSPS) is 22.5. The van der Waals surface area contributed by atoms with Gasteiger partial charge in [-0.3, -0.25) is 4.79 Å². The van der Waals surface area contributed by atoms with Gasteiger partial charge in [0.05, 0.1) is 25.4 Å². The predicted octanol–water partition coefficient (Wildman–Crippen LogP) is 7.06. The summed E-state index contributed by atoms with van der Waals surface area (Å²) < 4.78 is 11.1. The number of nitrogens with one attached hydrogen (secondary N) is 1. The molecule has 9 atom stereocenters. The molecule has 0 radical (unpaired) electrons. The molecule has 0 aromatic rings. The first-order valence-electron chi connectivity index (χ1n) is 22.7. The van der Waals surface area contributed by atoms with E-state index in [9.17, 15) is 40.5 Å². The van der Waals surface area contributed by atoms with Crippen molar-refractivity contribution in [2.75, 3.05) is 13.2 Å². The quantitative estimate of drug-likeness (QED) is 0.0239. The van der Waals surface area contributed by atoms with Gasteiger partial charge >= 0.3 is 0 Å². The fourth-order valence-electron chi connectivity index (χ4n) is 7.14. The standard InChI is InChI=1S/C45H85NO10/c1-3-5-7-9-11-13-15-17-19-21-23-25-27-29-31-33-38(49)44(54)46-36(35-55-45-43(53)42(52)41(51)39(34-47)56-45)40(50)37(48)32-30-28-26-24-22-20-18-16-14-12-10-8-6-4-2/h19,21,24,26,36-43,45,47-53H,3-18,20,22-23,25,27-35H2,1-2H3,(H,46,54)/b21-19-,26-24+. The van der Waals surface area contributed by atoms with Crippen LogP contribution in [0.5, 0.6) is 0 Å². The first-order chi connectivity index (χ1) is 27.2. The van der Waals surface area contributed by atoms with Gasteiger partial charge in [-0.15, -0.1) is 0 Å². The molecule has 1 saturated heterocycles. The van der Waals surface area contributed by atoms with Crippen LogP contribution in [0.2, 0.25) is 0 Å². The Hall–Kier alpha value is -1.41. The molecule has 1 amide bonds. The highest BCUT2D eigenvalue weighted by atomic mass is 16.7.